The van der Waals surface area contributed by atoms with Crippen LogP contribution in [0, 0.1) is 19.7 Å². The summed E-state index contributed by atoms with van der Waals surface area (Å²) in [6.07, 6.45) is 1.65. The van der Waals surface area contributed by atoms with E-state index in [0.717, 1.165) is 24.1 Å². The minimum absolute atomic E-state index is 0.144. The minimum atomic E-state index is -0.235. The highest BCUT2D eigenvalue weighted by Crippen LogP contribution is 2.20. The molecule has 0 aliphatic heterocycles. The number of hydrogen-bond donors (Lipinski definition) is 1. The summed E-state index contributed by atoms with van der Waals surface area (Å²) in [5, 5.41) is 4.39. The van der Waals surface area contributed by atoms with Crippen molar-refractivity contribution in [3.8, 4) is 0 Å². The largest absolute Gasteiger partial charge is 0.324 e. The van der Waals surface area contributed by atoms with Crippen LogP contribution in [0.2, 0.25) is 0 Å². The van der Waals surface area contributed by atoms with Gasteiger partial charge in [0.15, 0.2) is 0 Å². The molecule has 0 bridgehead atoms. The predicted octanol–water partition coefficient (Wildman–Crippen LogP) is 2.81. The van der Waals surface area contributed by atoms with Crippen molar-refractivity contribution in [1.29, 1.82) is 0 Å². The summed E-state index contributed by atoms with van der Waals surface area (Å²) in [6, 6.07) is 6.37. The zero-order chi connectivity index (χ0) is 14.0. The van der Waals surface area contributed by atoms with E-state index in [1.54, 1.807) is 6.07 Å². The molecule has 1 atom stereocenters. The van der Waals surface area contributed by atoms with Gasteiger partial charge in [-0.2, -0.15) is 5.10 Å². The third-order valence-electron chi connectivity index (χ3n) is 3.64. The van der Waals surface area contributed by atoms with Crippen molar-refractivity contribution in [2.75, 3.05) is 0 Å². The Labute approximate surface area is 113 Å². The van der Waals surface area contributed by atoms with Crippen LogP contribution in [0.4, 0.5) is 4.39 Å². The van der Waals surface area contributed by atoms with E-state index in [9.17, 15) is 4.39 Å². The topological polar surface area (TPSA) is 43.8 Å². The second-order valence-electron chi connectivity index (χ2n) is 4.97. The van der Waals surface area contributed by atoms with Crippen molar-refractivity contribution in [3.05, 3.63) is 52.6 Å². The Morgan fingerprint density at radius 1 is 1.37 bits per heavy atom. The molecule has 1 aromatic carbocycles. The predicted molar refractivity (Wildman–Crippen MR) is 74.3 cm³/mol. The molecule has 0 aliphatic rings. The lowest BCUT2D eigenvalue weighted by atomic mass is 9.99. The van der Waals surface area contributed by atoms with Gasteiger partial charge in [-0.3, -0.25) is 4.68 Å². The molecule has 0 aliphatic carbocycles. The van der Waals surface area contributed by atoms with Crippen LogP contribution >= 0.6 is 0 Å². The standard InChI is InChI=1S/C15H20FN3/c1-10-14(11(2)19(3)18-10)7-8-15(17)12-5-4-6-13(16)9-12/h4-6,9,15H,7-8,17H2,1-3H3. The number of benzene rings is 1. The Bertz CT molecular complexity index is 575. The normalized spacial score (nSPS) is 12.7. The van der Waals surface area contributed by atoms with E-state index in [0.29, 0.717) is 0 Å². The molecule has 3 nitrogen and oxygen atoms in total. The van der Waals surface area contributed by atoms with E-state index < -0.39 is 0 Å². The quantitative estimate of drug-likeness (QED) is 0.919. The van der Waals surface area contributed by atoms with Crippen molar-refractivity contribution in [1.82, 2.24) is 9.78 Å². The molecule has 0 saturated heterocycles. The highest BCUT2D eigenvalue weighted by atomic mass is 19.1. The Morgan fingerprint density at radius 3 is 2.68 bits per heavy atom. The second-order valence-corrected chi connectivity index (χ2v) is 4.97. The number of aryl methyl sites for hydroxylation is 2. The molecule has 2 N–H and O–H groups in total. The molecule has 102 valence electrons. The fourth-order valence-electron chi connectivity index (χ4n) is 2.38. The summed E-state index contributed by atoms with van der Waals surface area (Å²) < 4.78 is 15.0. The third-order valence-corrected chi connectivity index (χ3v) is 3.64. The first-order chi connectivity index (χ1) is 8.99. The lowest BCUT2D eigenvalue weighted by Crippen LogP contribution is -2.12. The maximum Gasteiger partial charge on any atom is 0.123 e. The van der Waals surface area contributed by atoms with Gasteiger partial charge in [-0.05, 0) is 49.9 Å². The average molecular weight is 261 g/mol. The fourth-order valence-corrected chi connectivity index (χ4v) is 2.38. The number of aromatic nitrogens is 2. The molecule has 19 heavy (non-hydrogen) atoms. The Kier molecular flexibility index (Phi) is 4.00. The molecule has 0 amide bonds. The lowest BCUT2D eigenvalue weighted by molar-refractivity contribution is 0.608. The Balaban J connectivity index is 2.06. The van der Waals surface area contributed by atoms with Crippen molar-refractivity contribution >= 4 is 0 Å². The van der Waals surface area contributed by atoms with E-state index in [1.165, 1.54) is 23.4 Å². The van der Waals surface area contributed by atoms with E-state index in [2.05, 4.69) is 12.0 Å². The molecule has 1 unspecified atom stereocenters. The maximum atomic E-state index is 13.2. The molecule has 1 heterocycles. The van der Waals surface area contributed by atoms with Crippen molar-refractivity contribution < 1.29 is 4.39 Å². The van der Waals surface area contributed by atoms with E-state index in [-0.39, 0.29) is 11.9 Å². The van der Waals surface area contributed by atoms with Crippen molar-refractivity contribution in [3.63, 3.8) is 0 Å². The zero-order valence-corrected chi connectivity index (χ0v) is 11.7. The number of hydrogen-bond acceptors (Lipinski definition) is 2. The van der Waals surface area contributed by atoms with Crippen LogP contribution in [0.3, 0.4) is 0 Å². The van der Waals surface area contributed by atoms with Gasteiger partial charge in [0.2, 0.25) is 0 Å². The van der Waals surface area contributed by atoms with Gasteiger partial charge in [-0.1, -0.05) is 12.1 Å². The summed E-state index contributed by atoms with van der Waals surface area (Å²) in [7, 11) is 1.94. The smallest absolute Gasteiger partial charge is 0.123 e. The van der Waals surface area contributed by atoms with Crippen LogP contribution < -0.4 is 5.73 Å². The molecule has 0 radical (unpaired) electrons. The fraction of sp³-hybridized carbons (Fsp3) is 0.400. The first-order valence-corrected chi connectivity index (χ1v) is 6.49. The molecule has 1 aromatic heterocycles. The molecule has 0 saturated carbocycles. The molecule has 0 fully saturated rings. The van der Waals surface area contributed by atoms with Gasteiger partial charge in [-0.25, -0.2) is 4.39 Å². The highest BCUT2D eigenvalue weighted by Gasteiger charge is 2.12. The van der Waals surface area contributed by atoms with E-state index >= 15 is 0 Å². The summed E-state index contributed by atoms with van der Waals surface area (Å²) in [5.74, 6) is -0.235. The molecule has 4 heteroatoms. The zero-order valence-electron chi connectivity index (χ0n) is 11.7. The van der Waals surface area contributed by atoms with Gasteiger partial charge >= 0.3 is 0 Å². The van der Waals surface area contributed by atoms with Crippen LogP contribution in [0.5, 0.6) is 0 Å². The first kappa shape index (κ1) is 13.7. The van der Waals surface area contributed by atoms with Gasteiger partial charge in [-0.15, -0.1) is 0 Å². The summed E-state index contributed by atoms with van der Waals surface area (Å²) in [4.78, 5) is 0. The van der Waals surface area contributed by atoms with Gasteiger partial charge in [0.1, 0.15) is 5.82 Å². The number of nitrogens with two attached hydrogens (primary N) is 1. The maximum absolute atomic E-state index is 13.2. The van der Waals surface area contributed by atoms with Crippen molar-refractivity contribution in [2.24, 2.45) is 12.8 Å². The summed E-state index contributed by atoms with van der Waals surface area (Å²) in [5.41, 5.74) is 10.4. The summed E-state index contributed by atoms with van der Waals surface area (Å²) >= 11 is 0. The van der Waals surface area contributed by atoms with Crippen LogP contribution in [-0.2, 0) is 13.5 Å². The molecule has 2 aromatic rings. The van der Waals surface area contributed by atoms with Gasteiger partial charge in [0.05, 0.1) is 5.69 Å². The van der Waals surface area contributed by atoms with Crippen LogP contribution in [0.15, 0.2) is 24.3 Å². The van der Waals surface area contributed by atoms with Gasteiger partial charge in [0.25, 0.3) is 0 Å². The van der Waals surface area contributed by atoms with Crippen LogP contribution in [-0.4, -0.2) is 9.78 Å². The Morgan fingerprint density at radius 2 is 2.11 bits per heavy atom. The second kappa shape index (κ2) is 5.53. The number of nitrogens with zero attached hydrogens (tertiary/aromatic N) is 2. The van der Waals surface area contributed by atoms with Crippen LogP contribution in [0.1, 0.15) is 35.0 Å². The monoisotopic (exact) mass is 261 g/mol. The Hall–Kier alpha value is -1.68. The molecule has 0 spiro atoms. The molecular weight excluding hydrogens is 241 g/mol. The van der Waals surface area contributed by atoms with E-state index in [1.807, 2.05) is 24.7 Å². The average Bonchev–Trinajstić information content (AvgIpc) is 2.61. The van der Waals surface area contributed by atoms with E-state index in [4.69, 9.17) is 5.73 Å². The van der Waals surface area contributed by atoms with Gasteiger partial charge in [0, 0.05) is 18.8 Å². The lowest BCUT2D eigenvalue weighted by Gasteiger charge is -2.12. The minimum Gasteiger partial charge on any atom is -0.324 e. The van der Waals surface area contributed by atoms with Crippen molar-refractivity contribution in [2.45, 2.75) is 32.7 Å². The first-order valence-electron chi connectivity index (χ1n) is 6.49. The van der Waals surface area contributed by atoms with Crippen LogP contribution in [0.25, 0.3) is 0 Å². The van der Waals surface area contributed by atoms with Gasteiger partial charge < -0.3 is 5.73 Å². The SMILES string of the molecule is Cc1nn(C)c(C)c1CCC(N)c1cccc(F)c1. The highest BCUT2D eigenvalue weighted by molar-refractivity contribution is 5.25. The number of halogens is 1. The molecule has 2 rings (SSSR count). The number of rotatable bonds is 4. The summed E-state index contributed by atoms with van der Waals surface area (Å²) in [6.45, 7) is 4.07. The third kappa shape index (κ3) is 3.01. The molecular formula is C15H20FN3.